The van der Waals surface area contributed by atoms with Gasteiger partial charge in [0.25, 0.3) is 0 Å². The minimum atomic E-state index is -0.0174. The number of rotatable bonds is 2. The van der Waals surface area contributed by atoms with Gasteiger partial charge in [-0.25, -0.2) is 0 Å². The Kier molecular flexibility index (Phi) is 5.17. The van der Waals surface area contributed by atoms with Gasteiger partial charge < -0.3 is 10.2 Å². The van der Waals surface area contributed by atoms with E-state index < -0.39 is 0 Å². The number of aliphatic hydroxyl groups is 2. The van der Waals surface area contributed by atoms with E-state index in [0.29, 0.717) is 0 Å². The van der Waals surface area contributed by atoms with Crippen molar-refractivity contribution in [1.29, 1.82) is 0 Å². The van der Waals surface area contributed by atoms with E-state index in [4.69, 9.17) is 10.2 Å². The predicted molar refractivity (Wildman–Crippen MR) is 33.0 cm³/mol. The van der Waals surface area contributed by atoms with E-state index in [-0.39, 0.29) is 25.4 Å². The number of nitrogens with zero attached hydrogens (tertiary/aromatic N) is 1. The second-order valence-electron chi connectivity index (χ2n) is 2.22. The van der Waals surface area contributed by atoms with Crippen molar-refractivity contribution in [3.05, 3.63) is 0 Å². The lowest BCUT2D eigenvalue weighted by molar-refractivity contribution is -0.926. The number of quaternary nitrogens is 1. The number of hydrogen-bond donors (Lipinski definition) is 2. The third-order valence-electron chi connectivity index (χ3n) is 0.766. The minimum Gasteiger partial charge on any atom is -0.347 e. The third kappa shape index (κ3) is 4.05. The Morgan fingerprint density at radius 1 is 1.12 bits per heavy atom. The molecule has 0 spiro atoms. The molecule has 8 heavy (non-hydrogen) atoms. The van der Waals surface area contributed by atoms with Crippen LogP contribution in [0.1, 0.15) is 7.43 Å². The van der Waals surface area contributed by atoms with Crippen molar-refractivity contribution in [2.45, 2.75) is 7.43 Å². The zero-order valence-corrected chi connectivity index (χ0v) is 4.76. The molecule has 0 radical (unpaired) electrons. The van der Waals surface area contributed by atoms with Crippen LogP contribution in [0.25, 0.3) is 0 Å². The quantitative estimate of drug-likeness (QED) is 0.386. The van der Waals surface area contributed by atoms with E-state index in [1.807, 2.05) is 0 Å². The fraction of sp³-hybridized carbons (Fsp3) is 1.00. The zero-order chi connectivity index (χ0) is 5.91. The summed E-state index contributed by atoms with van der Waals surface area (Å²) in [5.41, 5.74) is 0. The summed E-state index contributed by atoms with van der Waals surface area (Å²) in [6.45, 7) is -0.0347. The molecule has 52 valence electrons. The number of hydrogen-bond acceptors (Lipinski definition) is 2. The van der Waals surface area contributed by atoms with Crippen molar-refractivity contribution in [3.63, 3.8) is 0 Å². The molecule has 0 unspecified atom stereocenters. The van der Waals surface area contributed by atoms with Gasteiger partial charge >= 0.3 is 0 Å². The maximum absolute atomic E-state index is 8.41. The molecule has 0 rings (SSSR count). The first-order valence-corrected chi connectivity index (χ1v) is 2.16. The van der Waals surface area contributed by atoms with Crippen LogP contribution in [0.2, 0.25) is 0 Å². The van der Waals surface area contributed by atoms with E-state index in [1.54, 1.807) is 14.1 Å². The standard InChI is InChI=1S/C4H12NO2.CH4/c1-5(2,3-6)4-7;/h6-7H,3-4H2,1-2H3;1H4/q+1;. The highest BCUT2D eigenvalue weighted by atomic mass is 16.3. The highest BCUT2D eigenvalue weighted by Crippen LogP contribution is 1.87. The lowest BCUT2D eigenvalue weighted by atomic mass is 10.7. The second-order valence-corrected chi connectivity index (χ2v) is 2.22. The molecule has 0 heterocycles. The topological polar surface area (TPSA) is 40.5 Å². The maximum Gasteiger partial charge on any atom is 0.181 e. The SMILES string of the molecule is C.C[N+](C)(CO)CO. The molecule has 0 fully saturated rings. The molecule has 0 aliphatic rings. The summed E-state index contributed by atoms with van der Waals surface area (Å²) >= 11 is 0. The van der Waals surface area contributed by atoms with Gasteiger partial charge in [0.15, 0.2) is 13.5 Å². The van der Waals surface area contributed by atoms with Crippen LogP contribution < -0.4 is 0 Å². The molecule has 0 atom stereocenters. The van der Waals surface area contributed by atoms with Crippen molar-refractivity contribution >= 4 is 0 Å². The van der Waals surface area contributed by atoms with Crippen LogP contribution in [0.4, 0.5) is 0 Å². The highest BCUT2D eigenvalue weighted by Gasteiger charge is 2.07. The molecule has 0 aliphatic carbocycles. The first-order chi connectivity index (χ1) is 3.12. The molecular formula is C5H16NO2+. The van der Waals surface area contributed by atoms with Gasteiger partial charge in [0.05, 0.1) is 14.1 Å². The van der Waals surface area contributed by atoms with Gasteiger partial charge in [0.1, 0.15) is 0 Å². The van der Waals surface area contributed by atoms with Crippen LogP contribution in [-0.4, -0.2) is 42.3 Å². The Bertz CT molecular complexity index is 48.4. The van der Waals surface area contributed by atoms with Gasteiger partial charge in [-0.05, 0) is 0 Å². The average molecular weight is 122 g/mol. The Morgan fingerprint density at radius 3 is 1.38 bits per heavy atom. The van der Waals surface area contributed by atoms with Gasteiger partial charge in [-0.1, -0.05) is 7.43 Å². The molecule has 0 aliphatic heterocycles. The monoisotopic (exact) mass is 122 g/mol. The lowest BCUT2D eigenvalue weighted by Gasteiger charge is -2.22. The Balaban J connectivity index is 0. The van der Waals surface area contributed by atoms with Crippen molar-refractivity contribution in [2.75, 3.05) is 27.6 Å². The molecule has 0 aromatic rings. The molecule has 0 amide bonds. The van der Waals surface area contributed by atoms with Gasteiger partial charge in [-0.15, -0.1) is 0 Å². The van der Waals surface area contributed by atoms with Crippen LogP contribution in [0.15, 0.2) is 0 Å². The Hall–Kier alpha value is -0.120. The predicted octanol–water partition coefficient (Wildman–Crippen LogP) is -0.401. The summed E-state index contributed by atoms with van der Waals surface area (Å²) in [5.74, 6) is 0. The lowest BCUT2D eigenvalue weighted by Crippen LogP contribution is -2.40. The normalized spacial score (nSPS) is 10.5. The largest absolute Gasteiger partial charge is 0.347 e. The molecule has 3 heteroatoms. The fourth-order valence-corrected chi connectivity index (χ4v) is 0.0447. The Morgan fingerprint density at radius 2 is 1.38 bits per heavy atom. The fourth-order valence-electron chi connectivity index (χ4n) is 0.0447. The molecular weight excluding hydrogens is 106 g/mol. The number of aliphatic hydroxyl groups excluding tert-OH is 2. The maximum atomic E-state index is 8.41. The van der Waals surface area contributed by atoms with E-state index in [0.717, 1.165) is 0 Å². The average Bonchev–Trinajstić information content (AvgIpc) is 1.68. The second kappa shape index (κ2) is 3.83. The molecule has 3 nitrogen and oxygen atoms in total. The van der Waals surface area contributed by atoms with Crippen molar-refractivity contribution in [2.24, 2.45) is 0 Å². The van der Waals surface area contributed by atoms with Crippen LogP contribution >= 0.6 is 0 Å². The molecule has 2 N–H and O–H groups in total. The summed E-state index contributed by atoms with van der Waals surface area (Å²) in [7, 11) is 3.47. The first-order valence-electron chi connectivity index (χ1n) is 2.16. The smallest absolute Gasteiger partial charge is 0.181 e. The highest BCUT2D eigenvalue weighted by molar-refractivity contribution is 4.01. The van der Waals surface area contributed by atoms with Crippen LogP contribution in [0, 0.1) is 0 Å². The van der Waals surface area contributed by atoms with Gasteiger partial charge in [-0.3, -0.25) is 4.48 Å². The van der Waals surface area contributed by atoms with Crippen molar-refractivity contribution in [3.8, 4) is 0 Å². The summed E-state index contributed by atoms with van der Waals surface area (Å²) in [5, 5.41) is 16.8. The third-order valence-corrected chi connectivity index (χ3v) is 0.766. The summed E-state index contributed by atoms with van der Waals surface area (Å²) < 4.78 is 0.250. The molecule has 0 bridgehead atoms. The zero-order valence-electron chi connectivity index (χ0n) is 4.76. The Labute approximate surface area is 50.8 Å². The summed E-state index contributed by atoms with van der Waals surface area (Å²) in [6.07, 6.45) is 0. The molecule has 0 aromatic heterocycles. The van der Waals surface area contributed by atoms with Crippen molar-refractivity contribution < 1.29 is 14.7 Å². The van der Waals surface area contributed by atoms with Crippen molar-refractivity contribution in [1.82, 2.24) is 0 Å². The van der Waals surface area contributed by atoms with Crippen LogP contribution in [0.3, 0.4) is 0 Å². The van der Waals surface area contributed by atoms with Gasteiger partial charge in [-0.2, -0.15) is 0 Å². The van der Waals surface area contributed by atoms with E-state index in [9.17, 15) is 0 Å². The molecule has 0 aromatic carbocycles. The van der Waals surface area contributed by atoms with E-state index in [1.165, 1.54) is 0 Å². The summed E-state index contributed by atoms with van der Waals surface area (Å²) in [4.78, 5) is 0. The van der Waals surface area contributed by atoms with E-state index in [2.05, 4.69) is 0 Å². The van der Waals surface area contributed by atoms with Crippen LogP contribution in [-0.2, 0) is 0 Å². The minimum absolute atomic E-state index is 0. The van der Waals surface area contributed by atoms with Gasteiger partial charge in [0.2, 0.25) is 0 Å². The van der Waals surface area contributed by atoms with E-state index >= 15 is 0 Å². The van der Waals surface area contributed by atoms with Crippen LogP contribution in [0.5, 0.6) is 0 Å². The molecule has 0 saturated carbocycles. The molecule has 0 saturated heterocycles. The van der Waals surface area contributed by atoms with Gasteiger partial charge in [0, 0.05) is 0 Å². The summed E-state index contributed by atoms with van der Waals surface area (Å²) in [6, 6.07) is 0. The first kappa shape index (κ1) is 10.8.